The average molecular weight is 271 g/mol. The van der Waals surface area contributed by atoms with Crippen molar-refractivity contribution in [2.45, 2.75) is 31.7 Å². The second-order valence-electron chi connectivity index (χ2n) is 5.43. The largest absolute Gasteiger partial charge is 0.397 e. The average Bonchev–Trinajstić information content (AvgIpc) is 2.99. The van der Waals surface area contributed by atoms with Crippen LogP contribution < -0.4 is 10.6 Å². The predicted octanol–water partition coefficient (Wildman–Crippen LogP) is 2.56. The number of benzene rings is 1. The maximum absolute atomic E-state index is 9.40. The highest BCUT2D eigenvalue weighted by atomic mass is 16.3. The second-order valence-corrected chi connectivity index (χ2v) is 5.43. The van der Waals surface area contributed by atoms with E-state index in [4.69, 9.17) is 5.73 Å². The van der Waals surface area contributed by atoms with Crippen LogP contribution in [-0.4, -0.2) is 29.3 Å². The van der Waals surface area contributed by atoms with Gasteiger partial charge in [-0.05, 0) is 25.0 Å². The van der Waals surface area contributed by atoms with Crippen LogP contribution in [0.15, 0.2) is 30.5 Å². The molecular weight excluding hydrogens is 250 g/mol. The van der Waals surface area contributed by atoms with Crippen LogP contribution in [0.5, 0.6) is 0 Å². The van der Waals surface area contributed by atoms with Crippen molar-refractivity contribution >= 4 is 22.3 Å². The SMILES string of the molecule is Nc1cccc2c(N(CCO)C3CCCC3)ccnc12. The third-order valence-corrected chi connectivity index (χ3v) is 4.20. The highest BCUT2D eigenvalue weighted by Crippen LogP contribution is 2.33. The molecule has 4 nitrogen and oxygen atoms in total. The van der Waals surface area contributed by atoms with E-state index < -0.39 is 0 Å². The summed E-state index contributed by atoms with van der Waals surface area (Å²) in [5.41, 5.74) is 8.72. The molecule has 0 atom stereocenters. The Bertz CT molecular complexity index is 593. The number of nitrogens with zero attached hydrogens (tertiary/aromatic N) is 2. The Morgan fingerprint density at radius 2 is 2.05 bits per heavy atom. The fourth-order valence-corrected chi connectivity index (χ4v) is 3.26. The minimum Gasteiger partial charge on any atom is -0.397 e. The lowest BCUT2D eigenvalue weighted by atomic mass is 10.1. The van der Waals surface area contributed by atoms with Gasteiger partial charge in [-0.25, -0.2) is 0 Å². The van der Waals surface area contributed by atoms with Gasteiger partial charge in [0, 0.05) is 29.9 Å². The minimum atomic E-state index is 0.169. The maximum atomic E-state index is 9.40. The smallest absolute Gasteiger partial charge is 0.0951 e. The molecule has 1 aromatic heterocycles. The summed E-state index contributed by atoms with van der Waals surface area (Å²) in [6.07, 6.45) is 6.76. The van der Waals surface area contributed by atoms with E-state index in [-0.39, 0.29) is 6.61 Å². The van der Waals surface area contributed by atoms with E-state index in [1.165, 1.54) is 25.7 Å². The molecule has 1 aliphatic carbocycles. The number of aromatic nitrogens is 1. The molecule has 4 heteroatoms. The summed E-state index contributed by atoms with van der Waals surface area (Å²) in [4.78, 5) is 6.73. The third kappa shape index (κ3) is 2.31. The number of para-hydroxylation sites is 1. The monoisotopic (exact) mass is 271 g/mol. The summed E-state index contributed by atoms with van der Waals surface area (Å²) in [6.45, 7) is 0.835. The van der Waals surface area contributed by atoms with Gasteiger partial charge in [-0.2, -0.15) is 0 Å². The number of hydrogen-bond acceptors (Lipinski definition) is 4. The van der Waals surface area contributed by atoms with Gasteiger partial charge in [0.25, 0.3) is 0 Å². The van der Waals surface area contributed by atoms with Crippen LogP contribution in [0, 0.1) is 0 Å². The van der Waals surface area contributed by atoms with Crippen LogP contribution in [0.1, 0.15) is 25.7 Å². The Labute approximate surface area is 119 Å². The molecule has 1 saturated carbocycles. The van der Waals surface area contributed by atoms with Crippen molar-refractivity contribution in [3.05, 3.63) is 30.5 Å². The number of fused-ring (bicyclic) bond motifs is 1. The first-order chi connectivity index (χ1) is 9.81. The molecule has 1 aliphatic rings. The number of hydrogen-bond donors (Lipinski definition) is 2. The first-order valence-electron chi connectivity index (χ1n) is 7.32. The molecule has 1 heterocycles. The zero-order valence-electron chi connectivity index (χ0n) is 11.6. The van der Waals surface area contributed by atoms with Gasteiger partial charge in [0.1, 0.15) is 0 Å². The fourth-order valence-electron chi connectivity index (χ4n) is 3.26. The lowest BCUT2D eigenvalue weighted by molar-refractivity contribution is 0.297. The zero-order valence-corrected chi connectivity index (χ0v) is 11.6. The third-order valence-electron chi connectivity index (χ3n) is 4.20. The van der Waals surface area contributed by atoms with Crippen molar-refractivity contribution in [1.82, 2.24) is 4.98 Å². The van der Waals surface area contributed by atoms with Crippen LogP contribution >= 0.6 is 0 Å². The molecule has 0 saturated heterocycles. The highest BCUT2D eigenvalue weighted by Gasteiger charge is 2.23. The Kier molecular flexibility index (Phi) is 3.74. The van der Waals surface area contributed by atoms with Gasteiger partial charge >= 0.3 is 0 Å². The van der Waals surface area contributed by atoms with Crippen molar-refractivity contribution in [1.29, 1.82) is 0 Å². The molecule has 0 bridgehead atoms. The van der Waals surface area contributed by atoms with Gasteiger partial charge in [0.2, 0.25) is 0 Å². The fraction of sp³-hybridized carbons (Fsp3) is 0.438. The number of rotatable bonds is 4. The van der Waals surface area contributed by atoms with Gasteiger partial charge in [-0.3, -0.25) is 4.98 Å². The number of anilines is 2. The summed E-state index contributed by atoms with van der Waals surface area (Å²) in [5.74, 6) is 0. The molecule has 0 aliphatic heterocycles. The van der Waals surface area contributed by atoms with Crippen molar-refractivity contribution in [3.63, 3.8) is 0 Å². The number of aliphatic hydroxyl groups excluding tert-OH is 1. The predicted molar refractivity (Wildman–Crippen MR) is 82.8 cm³/mol. The number of aliphatic hydroxyl groups is 1. The molecule has 106 valence electrons. The Morgan fingerprint density at radius 1 is 1.25 bits per heavy atom. The topological polar surface area (TPSA) is 62.4 Å². The molecule has 0 radical (unpaired) electrons. The zero-order chi connectivity index (χ0) is 13.9. The van der Waals surface area contributed by atoms with E-state index in [9.17, 15) is 5.11 Å². The number of nitrogen functional groups attached to an aromatic ring is 1. The van der Waals surface area contributed by atoms with Crippen LogP contribution in [0.25, 0.3) is 10.9 Å². The molecule has 3 N–H and O–H groups in total. The van der Waals surface area contributed by atoms with Crippen molar-refractivity contribution in [2.24, 2.45) is 0 Å². The van der Waals surface area contributed by atoms with Crippen LogP contribution in [0.4, 0.5) is 11.4 Å². The first kappa shape index (κ1) is 13.2. The van der Waals surface area contributed by atoms with E-state index in [1.54, 1.807) is 0 Å². The maximum Gasteiger partial charge on any atom is 0.0951 e. The van der Waals surface area contributed by atoms with Gasteiger partial charge in [0.05, 0.1) is 17.8 Å². The van der Waals surface area contributed by atoms with Crippen LogP contribution in [-0.2, 0) is 0 Å². The summed E-state index contributed by atoms with van der Waals surface area (Å²) in [6, 6.07) is 8.47. The van der Waals surface area contributed by atoms with E-state index in [0.29, 0.717) is 18.3 Å². The summed E-state index contributed by atoms with van der Waals surface area (Å²) in [7, 11) is 0. The van der Waals surface area contributed by atoms with Gasteiger partial charge in [-0.15, -0.1) is 0 Å². The van der Waals surface area contributed by atoms with Gasteiger partial charge in [-0.1, -0.05) is 25.0 Å². The lowest BCUT2D eigenvalue weighted by Crippen LogP contribution is -2.35. The molecule has 1 fully saturated rings. The van der Waals surface area contributed by atoms with Crippen molar-refractivity contribution in [3.8, 4) is 0 Å². The molecule has 20 heavy (non-hydrogen) atoms. The van der Waals surface area contributed by atoms with E-state index in [2.05, 4.69) is 16.0 Å². The quantitative estimate of drug-likeness (QED) is 0.839. The van der Waals surface area contributed by atoms with Gasteiger partial charge in [0.15, 0.2) is 0 Å². The molecule has 3 rings (SSSR count). The molecule has 0 unspecified atom stereocenters. The highest BCUT2D eigenvalue weighted by molar-refractivity contribution is 5.98. The Hall–Kier alpha value is -1.81. The van der Waals surface area contributed by atoms with Crippen LogP contribution in [0.3, 0.4) is 0 Å². The van der Waals surface area contributed by atoms with Gasteiger partial charge < -0.3 is 15.7 Å². The summed E-state index contributed by atoms with van der Waals surface area (Å²) >= 11 is 0. The minimum absolute atomic E-state index is 0.169. The van der Waals surface area contributed by atoms with E-state index in [0.717, 1.165) is 16.6 Å². The van der Waals surface area contributed by atoms with E-state index >= 15 is 0 Å². The lowest BCUT2D eigenvalue weighted by Gasteiger charge is -2.31. The number of pyridine rings is 1. The molecule has 1 aromatic carbocycles. The molecule has 0 spiro atoms. The van der Waals surface area contributed by atoms with Crippen molar-refractivity contribution < 1.29 is 5.11 Å². The molecular formula is C16H21N3O. The normalized spacial score (nSPS) is 15.8. The number of nitrogens with two attached hydrogens (primary N) is 1. The molecule has 2 aromatic rings. The van der Waals surface area contributed by atoms with Crippen molar-refractivity contribution in [2.75, 3.05) is 23.8 Å². The van der Waals surface area contributed by atoms with E-state index in [1.807, 2.05) is 24.4 Å². The first-order valence-corrected chi connectivity index (χ1v) is 7.32. The Balaban J connectivity index is 2.08. The summed E-state index contributed by atoms with van der Waals surface area (Å²) < 4.78 is 0. The summed E-state index contributed by atoms with van der Waals surface area (Å²) in [5, 5.41) is 10.5. The molecule has 0 amide bonds. The Morgan fingerprint density at radius 3 is 2.80 bits per heavy atom. The second kappa shape index (κ2) is 5.67. The van der Waals surface area contributed by atoms with Crippen LogP contribution in [0.2, 0.25) is 0 Å². The standard InChI is InChI=1S/C16H21N3O/c17-14-7-3-6-13-15(8-9-18-16(13)14)19(10-11-20)12-4-1-2-5-12/h3,6-9,12,20H,1-2,4-5,10-11,17H2.